The summed E-state index contributed by atoms with van der Waals surface area (Å²) < 4.78 is 0. The highest BCUT2D eigenvalue weighted by Gasteiger charge is 2.24. The molecule has 3 rings (SSSR count). The zero-order valence-electron chi connectivity index (χ0n) is 19.2. The Hall–Kier alpha value is -3.35. The van der Waals surface area contributed by atoms with Crippen molar-refractivity contribution in [2.75, 3.05) is 29.9 Å². The molecule has 0 unspecified atom stereocenters. The minimum atomic E-state index is -0.262. The lowest BCUT2D eigenvalue weighted by Gasteiger charge is -2.32. The first-order valence-electron chi connectivity index (χ1n) is 11.1. The summed E-state index contributed by atoms with van der Waals surface area (Å²) in [6.07, 6.45) is 1.66. The molecule has 1 aliphatic heterocycles. The summed E-state index contributed by atoms with van der Waals surface area (Å²) in [5.41, 5.74) is 5.28. The normalized spacial score (nSPS) is 12.8. The van der Waals surface area contributed by atoms with Crippen LogP contribution in [0.15, 0.2) is 36.4 Å². The van der Waals surface area contributed by atoms with Crippen LogP contribution < -0.4 is 20.9 Å². The summed E-state index contributed by atoms with van der Waals surface area (Å²) in [5, 5.41) is 8.53. The van der Waals surface area contributed by atoms with Gasteiger partial charge in [0.25, 0.3) is 5.91 Å². The molecule has 32 heavy (non-hydrogen) atoms. The van der Waals surface area contributed by atoms with E-state index in [0.717, 1.165) is 47.5 Å². The predicted octanol–water partition coefficient (Wildman–Crippen LogP) is 2.95. The third-order valence-electron chi connectivity index (χ3n) is 5.54. The lowest BCUT2D eigenvalue weighted by Crippen LogP contribution is -2.42. The number of benzene rings is 2. The molecule has 0 spiro atoms. The second kappa shape index (κ2) is 10.3. The van der Waals surface area contributed by atoms with Gasteiger partial charge in [-0.05, 0) is 69.4 Å². The van der Waals surface area contributed by atoms with Crippen LogP contribution in [0.3, 0.4) is 0 Å². The fraction of sp³-hybridized carbons (Fsp3) is 0.400. The van der Waals surface area contributed by atoms with Gasteiger partial charge in [0.15, 0.2) is 0 Å². The lowest BCUT2D eigenvalue weighted by atomic mass is 9.95. The van der Waals surface area contributed by atoms with E-state index in [1.165, 1.54) is 0 Å². The Morgan fingerprint density at radius 2 is 1.69 bits per heavy atom. The molecule has 0 aromatic heterocycles. The number of nitrogens with zero attached hydrogens (tertiary/aromatic N) is 1. The maximum atomic E-state index is 12.6. The molecular weight excluding hydrogens is 404 g/mol. The second-order valence-electron chi connectivity index (χ2n) is 8.55. The highest BCUT2D eigenvalue weighted by molar-refractivity contribution is 5.98. The number of nitrogens with one attached hydrogen (secondary N) is 3. The fourth-order valence-electron chi connectivity index (χ4n) is 4.02. The maximum Gasteiger partial charge on any atom is 0.251 e. The van der Waals surface area contributed by atoms with Gasteiger partial charge in [0.2, 0.25) is 11.8 Å². The molecule has 1 aliphatic rings. The van der Waals surface area contributed by atoms with E-state index in [2.05, 4.69) is 16.0 Å². The molecule has 3 amide bonds. The van der Waals surface area contributed by atoms with E-state index in [1.807, 2.05) is 69.0 Å². The topological polar surface area (TPSA) is 90.5 Å². The Morgan fingerprint density at radius 3 is 2.38 bits per heavy atom. The molecule has 1 heterocycles. The standard InChI is InChI=1S/C25H32N4O3/c1-16(2)27-25(32)20-10-6-12-21-19(20)11-7-13-29(21)15-23(31)26-14-22(30)28-24-17(3)8-5-9-18(24)4/h5-6,8-10,12,16H,7,11,13-15H2,1-4H3,(H,26,31)(H,27,32)(H,28,30). The largest absolute Gasteiger partial charge is 0.362 e. The molecule has 0 fully saturated rings. The van der Waals surface area contributed by atoms with Crippen molar-refractivity contribution in [3.63, 3.8) is 0 Å². The van der Waals surface area contributed by atoms with Gasteiger partial charge in [-0.2, -0.15) is 0 Å². The van der Waals surface area contributed by atoms with E-state index < -0.39 is 0 Å². The predicted molar refractivity (Wildman–Crippen MR) is 127 cm³/mol. The van der Waals surface area contributed by atoms with E-state index in [9.17, 15) is 14.4 Å². The second-order valence-corrected chi connectivity index (χ2v) is 8.55. The smallest absolute Gasteiger partial charge is 0.251 e. The van der Waals surface area contributed by atoms with Gasteiger partial charge in [0.1, 0.15) is 0 Å². The zero-order chi connectivity index (χ0) is 23.3. The van der Waals surface area contributed by atoms with Gasteiger partial charge in [-0.25, -0.2) is 0 Å². The van der Waals surface area contributed by atoms with Crippen molar-refractivity contribution in [3.8, 4) is 0 Å². The molecule has 2 aromatic carbocycles. The first-order valence-corrected chi connectivity index (χ1v) is 11.1. The van der Waals surface area contributed by atoms with Gasteiger partial charge >= 0.3 is 0 Å². The Balaban J connectivity index is 1.61. The van der Waals surface area contributed by atoms with Crippen molar-refractivity contribution in [1.29, 1.82) is 0 Å². The molecule has 0 saturated carbocycles. The van der Waals surface area contributed by atoms with Crippen molar-refractivity contribution in [2.45, 2.75) is 46.6 Å². The number of amides is 3. The van der Waals surface area contributed by atoms with Gasteiger partial charge in [-0.3, -0.25) is 14.4 Å². The number of anilines is 2. The first-order chi connectivity index (χ1) is 15.3. The Morgan fingerprint density at radius 1 is 1.00 bits per heavy atom. The molecule has 170 valence electrons. The summed E-state index contributed by atoms with van der Waals surface area (Å²) in [6.45, 7) is 8.50. The number of fused-ring (bicyclic) bond motifs is 1. The number of hydrogen-bond donors (Lipinski definition) is 3. The van der Waals surface area contributed by atoms with Gasteiger partial charge in [0.05, 0.1) is 13.1 Å². The Kier molecular flexibility index (Phi) is 7.51. The van der Waals surface area contributed by atoms with E-state index in [1.54, 1.807) is 0 Å². The van der Waals surface area contributed by atoms with E-state index in [4.69, 9.17) is 0 Å². The number of para-hydroxylation sites is 1. The van der Waals surface area contributed by atoms with E-state index in [-0.39, 0.29) is 36.9 Å². The number of carbonyl (C=O) groups is 3. The Labute approximate surface area is 189 Å². The molecule has 0 aliphatic carbocycles. The van der Waals surface area contributed by atoms with Crippen LogP contribution in [0.4, 0.5) is 11.4 Å². The van der Waals surface area contributed by atoms with Crippen LogP contribution in [0.2, 0.25) is 0 Å². The molecule has 0 bridgehead atoms. The third-order valence-corrected chi connectivity index (χ3v) is 5.54. The molecule has 0 saturated heterocycles. The van der Waals surface area contributed by atoms with Crippen LogP contribution in [0, 0.1) is 13.8 Å². The molecule has 0 atom stereocenters. The average Bonchev–Trinajstić information content (AvgIpc) is 2.74. The van der Waals surface area contributed by atoms with Gasteiger partial charge in [-0.15, -0.1) is 0 Å². The van der Waals surface area contributed by atoms with Crippen molar-refractivity contribution in [3.05, 3.63) is 58.7 Å². The highest BCUT2D eigenvalue weighted by Crippen LogP contribution is 2.29. The average molecular weight is 437 g/mol. The minimum Gasteiger partial charge on any atom is -0.362 e. The SMILES string of the molecule is Cc1cccc(C)c1NC(=O)CNC(=O)CN1CCCc2c(C(=O)NC(C)C)cccc21. The molecule has 2 aromatic rings. The summed E-state index contributed by atoms with van der Waals surface area (Å²) in [5.74, 6) is -0.583. The monoisotopic (exact) mass is 436 g/mol. The number of aryl methyl sites for hydroxylation is 2. The molecule has 0 radical (unpaired) electrons. The van der Waals surface area contributed by atoms with Crippen LogP contribution in [0.5, 0.6) is 0 Å². The summed E-state index contributed by atoms with van der Waals surface area (Å²) in [7, 11) is 0. The number of hydrogen-bond acceptors (Lipinski definition) is 4. The van der Waals surface area contributed by atoms with Crippen molar-refractivity contribution in [2.24, 2.45) is 0 Å². The minimum absolute atomic E-state index is 0.0541. The first kappa shape index (κ1) is 23.3. The quantitative estimate of drug-likeness (QED) is 0.622. The summed E-state index contributed by atoms with van der Waals surface area (Å²) >= 11 is 0. The van der Waals surface area contributed by atoms with Gasteiger partial charge < -0.3 is 20.9 Å². The summed E-state index contributed by atoms with van der Waals surface area (Å²) in [6, 6.07) is 11.5. The molecular formula is C25H32N4O3. The van der Waals surface area contributed by atoms with E-state index >= 15 is 0 Å². The van der Waals surface area contributed by atoms with Gasteiger partial charge in [0, 0.05) is 29.5 Å². The van der Waals surface area contributed by atoms with Crippen LogP contribution in [0.25, 0.3) is 0 Å². The lowest BCUT2D eigenvalue weighted by molar-refractivity contribution is -0.123. The van der Waals surface area contributed by atoms with Gasteiger partial charge in [-0.1, -0.05) is 24.3 Å². The van der Waals surface area contributed by atoms with Crippen LogP contribution in [0.1, 0.15) is 47.3 Å². The zero-order valence-corrected chi connectivity index (χ0v) is 19.2. The number of carbonyl (C=O) groups excluding carboxylic acids is 3. The number of rotatable bonds is 7. The molecule has 3 N–H and O–H groups in total. The maximum absolute atomic E-state index is 12.6. The van der Waals surface area contributed by atoms with E-state index in [0.29, 0.717) is 5.56 Å². The molecule has 7 nitrogen and oxygen atoms in total. The fourth-order valence-corrected chi connectivity index (χ4v) is 4.02. The van der Waals surface area contributed by atoms with Crippen molar-refractivity contribution >= 4 is 29.1 Å². The summed E-state index contributed by atoms with van der Waals surface area (Å²) in [4.78, 5) is 39.5. The van der Waals surface area contributed by atoms with Crippen LogP contribution in [-0.4, -0.2) is 43.4 Å². The Bertz CT molecular complexity index is 996. The van der Waals surface area contributed by atoms with Crippen molar-refractivity contribution in [1.82, 2.24) is 10.6 Å². The van der Waals surface area contributed by atoms with Crippen LogP contribution >= 0.6 is 0 Å². The third kappa shape index (κ3) is 5.66. The molecule has 7 heteroatoms. The van der Waals surface area contributed by atoms with Crippen molar-refractivity contribution < 1.29 is 14.4 Å². The highest BCUT2D eigenvalue weighted by atomic mass is 16.2. The van der Waals surface area contributed by atoms with Crippen LogP contribution in [-0.2, 0) is 16.0 Å².